The summed E-state index contributed by atoms with van der Waals surface area (Å²) in [5.41, 5.74) is -0.112. The second-order valence-electron chi connectivity index (χ2n) is 3.83. The van der Waals surface area contributed by atoms with Crippen molar-refractivity contribution < 1.29 is 49.0 Å². The SMILES string of the molecule is CC(C)COC(=O)c1ccccc1C(=O)[O-].[Na+]. The molecule has 0 bridgehead atoms. The van der Waals surface area contributed by atoms with Crippen LogP contribution in [0.2, 0.25) is 0 Å². The first-order valence-corrected chi connectivity index (χ1v) is 5.00. The number of carboxylic acids is 1. The van der Waals surface area contributed by atoms with Gasteiger partial charge in [0.15, 0.2) is 0 Å². The Morgan fingerprint density at radius 3 is 2.24 bits per heavy atom. The van der Waals surface area contributed by atoms with Crippen LogP contribution in [0.15, 0.2) is 24.3 Å². The molecule has 1 aromatic rings. The van der Waals surface area contributed by atoms with E-state index in [1.54, 1.807) is 6.07 Å². The third kappa shape index (κ3) is 4.89. The summed E-state index contributed by atoms with van der Waals surface area (Å²) in [6, 6.07) is 5.85. The van der Waals surface area contributed by atoms with Crippen molar-refractivity contribution >= 4 is 11.9 Å². The maximum atomic E-state index is 11.6. The topological polar surface area (TPSA) is 66.4 Å². The fraction of sp³-hybridized carbons (Fsp3) is 0.333. The van der Waals surface area contributed by atoms with Gasteiger partial charge < -0.3 is 14.6 Å². The summed E-state index contributed by atoms with van der Waals surface area (Å²) < 4.78 is 4.95. The quantitative estimate of drug-likeness (QED) is 0.448. The van der Waals surface area contributed by atoms with Crippen LogP contribution < -0.4 is 34.7 Å². The summed E-state index contributed by atoms with van der Waals surface area (Å²) in [4.78, 5) is 22.3. The number of carbonyl (C=O) groups excluding carboxylic acids is 2. The molecule has 0 saturated heterocycles. The molecule has 0 spiro atoms. The number of hydrogen-bond donors (Lipinski definition) is 0. The van der Waals surface area contributed by atoms with Gasteiger partial charge >= 0.3 is 35.5 Å². The maximum Gasteiger partial charge on any atom is 1.00 e. The third-order valence-corrected chi connectivity index (χ3v) is 1.91. The van der Waals surface area contributed by atoms with Gasteiger partial charge in [0.05, 0.1) is 18.1 Å². The predicted octanol–water partition coefficient (Wildman–Crippen LogP) is -2.13. The van der Waals surface area contributed by atoms with E-state index < -0.39 is 11.9 Å². The first-order valence-electron chi connectivity index (χ1n) is 5.00. The monoisotopic (exact) mass is 244 g/mol. The second-order valence-corrected chi connectivity index (χ2v) is 3.83. The number of ether oxygens (including phenoxy) is 1. The van der Waals surface area contributed by atoms with E-state index in [1.165, 1.54) is 18.2 Å². The molecule has 0 fully saturated rings. The van der Waals surface area contributed by atoms with Gasteiger partial charge in [0.25, 0.3) is 0 Å². The van der Waals surface area contributed by atoms with Crippen LogP contribution in [0.1, 0.15) is 34.6 Å². The average molecular weight is 244 g/mol. The van der Waals surface area contributed by atoms with Crippen LogP contribution in [0.4, 0.5) is 0 Å². The van der Waals surface area contributed by atoms with Crippen molar-refractivity contribution in [2.45, 2.75) is 13.8 Å². The number of rotatable bonds is 4. The summed E-state index contributed by atoms with van der Waals surface area (Å²) in [5.74, 6) is -1.80. The van der Waals surface area contributed by atoms with Gasteiger partial charge in [-0.3, -0.25) is 0 Å². The van der Waals surface area contributed by atoms with Crippen molar-refractivity contribution in [1.29, 1.82) is 0 Å². The van der Waals surface area contributed by atoms with Crippen molar-refractivity contribution in [3.8, 4) is 0 Å². The molecule has 0 atom stereocenters. The van der Waals surface area contributed by atoms with Gasteiger partial charge in [-0.1, -0.05) is 32.0 Å². The van der Waals surface area contributed by atoms with Crippen LogP contribution in [-0.4, -0.2) is 18.5 Å². The molecular formula is C12H13NaO4. The van der Waals surface area contributed by atoms with Crippen LogP contribution in [-0.2, 0) is 4.74 Å². The number of carboxylic acid groups (broad SMARTS) is 1. The minimum Gasteiger partial charge on any atom is -0.545 e. The van der Waals surface area contributed by atoms with Crippen molar-refractivity contribution in [1.82, 2.24) is 0 Å². The number of benzene rings is 1. The number of aromatic carboxylic acids is 1. The predicted molar refractivity (Wildman–Crippen MR) is 55.9 cm³/mol. The van der Waals surface area contributed by atoms with Crippen LogP contribution in [0.25, 0.3) is 0 Å². The number of carbonyl (C=O) groups is 2. The second kappa shape index (κ2) is 7.48. The molecule has 1 rings (SSSR count). The molecule has 86 valence electrons. The van der Waals surface area contributed by atoms with Gasteiger partial charge in [-0.15, -0.1) is 0 Å². The molecule has 0 N–H and O–H groups in total. The van der Waals surface area contributed by atoms with Gasteiger partial charge in [-0.2, -0.15) is 0 Å². The number of esters is 1. The summed E-state index contributed by atoms with van der Waals surface area (Å²) in [5, 5.41) is 10.7. The Balaban J connectivity index is 0.00000256. The van der Waals surface area contributed by atoms with Gasteiger partial charge in [-0.25, -0.2) is 4.79 Å². The van der Waals surface area contributed by atoms with E-state index in [0.29, 0.717) is 0 Å². The molecular weight excluding hydrogens is 231 g/mol. The van der Waals surface area contributed by atoms with E-state index in [1.807, 2.05) is 13.8 Å². The zero-order valence-corrected chi connectivity index (χ0v) is 12.2. The average Bonchev–Trinajstić information content (AvgIpc) is 2.25. The van der Waals surface area contributed by atoms with Crippen molar-refractivity contribution in [3.05, 3.63) is 35.4 Å². The Bertz CT molecular complexity index is 401. The van der Waals surface area contributed by atoms with E-state index in [4.69, 9.17) is 4.74 Å². The van der Waals surface area contributed by atoms with E-state index >= 15 is 0 Å². The molecule has 4 nitrogen and oxygen atoms in total. The summed E-state index contributed by atoms with van der Waals surface area (Å²) in [6.45, 7) is 4.07. The minimum absolute atomic E-state index is 0. The van der Waals surface area contributed by atoms with Crippen LogP contribution in [0, 0.1) is 5.92 Å². The van der Waals surface area contributed by atoms with E-state index in [0.717, 1.165) is 0 Å². The molecule has 5 heteroatoms. The Morgan fingerprint density at radius 2 is 1.76 bits per heavy atom. The molecule has 1 aromatic carbocycles. The number of hydrogen-bond acceptors (Lipinski definition) is 4. The summed E-state index contributed by atoms with van der Waals surface area (Å²) >= 11 is 0. The first kappa shape index (κ1) is 16.2. The molecule has 0 radical (unpaired) electrons. The van der Waals surface area contributed by atoms with Crippen LogP contribution >= 0.6 is 0 Å². The molecule has 0 saturated carbocycles. The van der Waals surface area contributed by atoms with Gasteiger partial charge in [0.1, 0.15) is 0 Å². The van der Waals surface area contributed by atoms with E-state index in [-0.39, 0.29) is 53.2 Å². The van der Waals surface area contributed by atoms with Crippen LogP contribution in [0.5, 0.6) is 0 Å². The standard InChI is InChI=1S/C12H14O4.Na/c1-8(2)7-16-12(15)10-6-4-3-5-9(10)11(13)14;/h3-6,8H,7H2,1-2H3,(H,13,14);/q;+1/p-1. The molecule has 0 aliphatic rings. The Kier molecular flexibility index (Phi) is 7.11. The van der Waals surface area contributed by atoms with Gasteiger partial charge in [0, 0.05) is 5.56 Å². The summed E-state index contributed by atoms with van der Waals surface area (Å²) in [7, 11) is 0. The van der Waals surface area contributed by atoms with Gasteiger partial charge in [-0.05, 0) is 12.0 Å². The molecule has 0 amide bonds. The molecule has 0 unspecified atom stereocenters. The Labute approximate surface area is 122 Å². The maximum absolute atomic E-state index is 11.6. The van der Waals surface area contributed by atoms with Crippen molar-refractivity contribution in [2.24, 2.45) is 5.92 Å². The molecule has 0 aliphatic heterocycles. The van der Waals surface area contributed by atoms with E-state index in [9.17, 15) is 14.7 Å². The largest absolute Gasteiger partial charge is 1.00 e. The Morgan fingerprint density at radius 1 is 1.24 bits per heavy atom. The molecule has 17 heavy (non-hydrogen) atoms. The fourth-order valence-corrected chi connectivity index (χ4v) is 1.16. The minimum atomic E-state index is -1.38. The zero-order chi connectivity index (χ0) is 12.1. The van der Waals surface area contributed by atoms with E-state index in [2.05, 4.69) is 0 Å². The zero-order valence-electron chi connectivity index (χ0n) is 10.2. The summed E-state index contributed by atoms with van der Waals surface area (Å²) in [6.07, 6.45) is 0. The normalized spacial score (nSPS) is 9.59. The first-order chi connectivity index (χ1) is 7.52. The van der Waals surface area contributed by atoms with Gasteiger partial charge in [0.2, 0.25) is 0 Å². The molecule has 0 aromatic heterocycles. The van der Waals surface area contributed by atoms with Crippen molar-refractivity contribution in [3.63, 3.8) is 0 Å². The van der Waals surface area contributed by atoms with Crippen molar-refractivity contribution in [2.75, 3.05) is 6.61 Å². The molecule has 0 aliphatic carbocycles. The third-order valence-electron chi connectivity index (χ3n) is 1.91. The molecule has 0 heterocycles. The van der Waals surface area contributed by atoms with Crippen LogP contribution in [0.3, 0.4) is 0 Å². The smallest absolute Gasteiger partial charge is 0.545 e. The fourth-order valence-electron chi connectivity index (χ4n) is 1.16. The Hall–Kier alpha value is -0.840.